The molecule has 0 aliphatic rings. The molecule has 2 aromatic carbocycles. The fourth-order valence-corrected chi connectivity index (χ4v) is 2.20. The molecular weight excluding hydrogens is 300 g/mol. The molecule has 0 saturated carbocycles. The molecule has 0 aliphatic heterocycles. The number of hydrogen-bond donors (Lipinski definition) is 1. The zero-order valence-electron chi connectivity index (χ0n) is 12.5. The van der Waals surface area contributed by atoms with Crippen molar-refractivity contribution < 1.29 is 9.59 Å². The Morgan fingerprint density at radius 2 is 1.82 bits per heavy atom. The molecule has 0 spiro atoms. The van der Waals surface area contributed by atoms with Gasteiger partial charge in [-0.3, -0.25) is 4.79 Å². The number of urea groups is 1. The fraction of sp³-hybridized carbons (Fsp3) is 0.176. The Kier molecular flexibility index (Phi) is 5.17. The summed E-state index contributed by atoms with van der Waals surface area (Å²) in [6.45, 7) is 1.96. The van der Waals surface area contributed by atoms with Crippen LogP contribution in [0.1, 0.15) is 22.8 Å². The lowest BCUT2D eigenvalue weighted by atomic mass is 10.1. The molecule has 0 aromatic heterocycles. The first-order valence-electron chi connectivity index (χ1n) is 6.83. The second-order valence-electron chi connectivity index (χ2n) is 5.05. The number of carbonyl (C=O) groups is 2. The Labute approximate surface area is 134 Å². The fourth-order valence-electron chi connectivity index (χ4n) is 1.99. The molecule has 0 unspecified atom stereocenters. The number of anilines is 1. The smallest absolute Gasteiger partial charge is 0.321 e. The number of hydrogen-bond acceptors (Lipinski definition) is 2. The summed E-state index contributed by atoms with van der Waals surface area (Å²) in [5.74, 6) is -0.00375. The Morgan fingerprint density at radius 3 is 2.41 bits per heavy atom. The van der Waals surface area contributed by atoms with Crippen molar-refractivity contribution in [1.82, 2.24) is 4.90 Å². The molecule has 4 nitrogen and oxygen atoms in total. The van der Waals surface area contributed by atoms with E-state index < -0.39 is 0 Å². The van der Waals surface area contributed by atoms with Gasteiger partial charge in [0.2, 0.25) is 0 Å². The van der Waals surface area contributed by atoms with Crippen LogP contribution in [0.15, 0.2) is 48.5 Å². The largest absolute Gasteiger partial charge is 0.323 e. The van der Waals surface area contributed by atoms with E-state index in [0.717, 1.165) is 5.56 Å². The summed E-state index contributed by atoms with van der Waals surface area (Å²) < 4.78 is 0. The molecule has 0 heterocycles. The molecule has 2 amide bonds. The average molecular weight is 317 g/mol. The summed E-state index contributed by atoms with van der Waals surface area (Å²) in [7, 11) is 1.71. The van der Waals surface area contributed by atoms with Gasteiger partial charge in [-0.15, -0.1) is 0 Å². The molecule has 22 heavy (non-hydrogen) atoms. The minimum atomic E-state index is -0.226. The van der Waals surface area contributed by atoms with Gasteiger partial charge in [-0.2, -0.15) is 0 Å². The van der Waals surface area contributed by atoms with E-state index in [0.29, 0.717) is 22.8 Å². The molecule has 2 aromatic rings. The molecule has 2 rings (SSSR count). The van der Waals surface area contributed by atoms with Gasteiger partial charge in [0.15, 0.2) is 5.78 Å². The highest BCUT2D eigenvalue weighted by Crippen LogP contribution is 2.14. The maximum atomic E-state index is 12.1. The first-order chi connectivity index (χ1) is 10.5. The van der Waals surface area contributed by atoms with E-state index in [1.54, 1.807) is 42.3 Å². The third-order valence-electron chi connectivity index (χ3n) is 3.20. The number of ketones is 1. The third kappa shape index (κ3) is 4.33. The van der Waals surface area contributed by atoms with E-state index in [-0.39, 0.29) is 11.8 Å². The zero-order valence-corrected chi connectivity index (χ0v) is 13.2. The molecule has 0 saturated heterocycles. The van der Waals surface area contributed by atoms with E-state index in [2.05, 4.69) is 5.32 Å². The van der Waals surface area contributed by atoms with E-state index in [1.807, 2.05) is 18.2 Å². The summed E-state index contributed by atoms with van der Waals surface area (Å²) in [5, 5.41) is 3.43. The van der Waals surface area contributed by atoms with Crippen LogP contribution in [0.3, 0.4) is 0 Å². The van der Waals surface area contributed by atoms with Crippen molar-refractivity contribution in [3.63, 3.8) is 0 Å². The number of nitrogens with zero attached hydrogens (tertiary/aromatic N) is 1. The van der Waals surface area contributed by atoms with Gasteiger partial charge in [0.1, 0.15) is 0 Å². The summed E-state index contributed by atoms with van der Waals surface area (Å²) >= 11 is 5.93. The van der Waals surface area contributed by atoms with Crippen molar-refractivity contribution in [3.8, 4) is 0 Å². The molecule has 0 radical (unpaired) electrons. The third-order valence-corrected chi connectivity index (χ3v) is 3.43. The van der Waals surface area contributed by atoms with Crippen molar-refractivity contribution in [2.75, 3.05) is 12.4 Å². The highest BCUT2D eigenvalue weighted by molar-refractivity contribution is 6.30. The number of Topliss-reactive ketones (excluding diaryl/α,β-unsaturated/α-hetero) is 1. The number of rotatable bonds is 4. The topological polar surface area (TPSA) is 49.4 Å². The Bertz CT molecular complexity index is 683. The van der Waals surface area contributed by atoms with Crippen molar-refractivity contribution in [2.45, 2.75) is 13.5 Å². The van der Waals surface area contributed by atoms with Gasteiger partial charge in [-0.05, 0) is 48.9 Å². The van der Waals surface area contributed by atoms with Gasteiger partial charge < -0.3 is 10.2 Å². The maximum absolute atomic E-state index is 12.1. The van der Waals surface area contributed by atoms with Crippen LogP contribution < -0.4 is 5.32 Å². The quantitative estimate of drug-likeness (QED) is 0.859. The van der Waals surface area contributed by atoms with Gasteiger partial charge in [0, 0.05) is 29.9 Å². The molecule has 0 fully saturated rings. The lowest BCUT2D eigenvalue weighted by molar-refractivity contribution is 0.101. The highest BCUT2D eigenvalue weighted by Gasteiger charge is 2.10. The molecular formula is C17H17ClN2O2. The molecule has 114 valence electrons. The standard InChI is InChI=1S/C17H17ClN2O2/c1-12(21)14-6-8-16(9-7-14)19-17(22)20(2)11-13-4-3-5-15(18)10-13/h3-10H,11H2,1-2H3,(H,19,22). The van der Waals surface area contributed by atoms with Crippen LogP contribution in [0.5, 0.6) is 0 Å². The lowest BCUT2D eigenvalue weighted by Gasteiger charge is -2.18. The summed E-state index contributed by atoms with van der Waals surface area (Å²) in [5.41, 5.74) is 2.22. The maximum Gasteiger partial charge on any atom is 0.321 e. The van der Waals surface area contributed by atoms with Gasteiger partial charge in [-0.25, -0.2) is 4.79 Å². The monoisotopic (exact) mass is 316 g/mol. The van der Waals surface area contributed by atoms with Crippen LogP contribution in [0.2, 0.25) is 5.02 Å². The predicted molar refractivity (Wildman–Crippen MR) is 88.4 cm³/mol. The Morgan fingerprint density at radius 1 is 1.14 bits per heavy atom. The summed E-state index contributed by atoms with van der Waals surface area (Å²) in [6.07, 6.45) is 0. The van der Waals surface area contributed by atoms with E-state index in [1.165, 1.54) is 6.92 Å². The van der Waals surface area contributed by atoms with Gasteiger partial charge in [0.05, 0.1) is 0 Å². The number of nitrogens with one attached hydrogen (secondary N) is 1. The minimum absolute atomic E-state index is 0.00375. The van der Waals surface area contributed by atoms with E-state index in [9.17, 15) is 9.59 Å². The molecule has 0 aliphatic carbocycles. The second-order valence-corrected chi connectivity index (χ2v) is 5.49. The number of halogens is 1. The van der Waals surface area contributed by atoms with Crippen molar-refractivity contribution in [1.29, 1.82) is 0 Å². The van der Waals surface area contributed by atoms with Gasteiger partial charge in [0.25, 0.3) is 0 Å². The number of benzene rings is 2. The molecule has 0 bridgehead atoms. The number of amides is 2. The van der Waals surface area contributed by atoms with E-state index >= 15 is 0 Å². The van der Waals surface area contributed by atoms with Crippen molar-refractivity contribution >= 4 is 29.1 Å². The second kappa shape index (κ2) is 7.09. The van der Waals surface area contributed by atoms with E-state index in [4.69, 9.17) is 11.6 Å². The Balaban J connectivity index is 1.97. The highest BCUT2D eigenvalue weighted by atomic mass is 35.5. The molecule has 1 N–H and O–H groups in total. The van der Waals surface area contributed by atoms with Crippen LogP contribution in [0.4, 0.5) is 10.5 Å². The normalized spacial score (nSPS) is 10.1. The van der Waals surface area contributed by atoms with Crippen LogP contribution in [-0.2, 0) is 6.54 Å². The van der Waals surface area contributed by atoms with Gasteiger partial charge in [-0.1, -0.05) is 23.7 Å². The molecule has 0 atom stereocenters. The van der Waals surface area contributed by atoms with Crippen LogP contribution in [0, 0.1) is 0 Å². The Hall–Kier alpha value is -2.33. The average Bonchev–Trinajstić information content (AvgIpc) is 2.47. The number of carbonyl (C=O) groups excluding carboxylic acids is 2. The summed E-state index contributed by atoms with van der Waals surface area (Å²) in [4.78, 5) is 24.9. The first-order valence-corrected chi connectivity index (χ1v) is 7.21. The predicted octanol–water partition coefficient (Wildman–Crippen LogP) is 4.21. The lowest BCUT2D eigenvalue weighted by Crippen LogP contribution is -2.30. The summed E-state index contributed by atoms with van der Waals surface area (Å²) in [6, 6.07) is 14.0. The SMILES string of the molecule is CC(=O)c1ccc(NC(=O)N(C)Cc2cccc(Cl)c2)cc1. The molecule has 5 heteroatoms. The zero-order chi connectivity index (χ0) is 16.1. The first kappa shape index (κ1) is 16.0. The van der Waals surface area contributed by atoms with Gasteiger partial charge >= 0.3 is 6.03 Å². The van der Waals surface area contributed by atoms with Crippen LogP contribution >= 0.6 is 11.6 Å². The van der Waals surface area contributed by atoms with Crippen LogP contribution in [0.25, 0.3) is 0 Å². The minimum Gasteiger partial charge on any atom is -0.323 e. The van der Waals surface area contributed by atoms with Crippen molar-refractivity contribution in [3.05, 3.63) is 64.7 Å². The van der Waals surface area contributed by atoms with Crippen molar-refractivity contribution in [2.24, 2.45) is 0 Å². The van der Waals surface area contributed by atoms with Crippen LogP contribution in [-0.4, -0.2) is 23.8 Å².